The summed E-state index contributed by atoms with van der Waals surface area (Å²) in [7, 11) is 0. The Morgan fingerprint density at radius 2 is 2.41 bits per heavy atom. The van der Waals surface area contributed by atoms with Crippen LogP contribution in [0.2, 0.25) is 0 Å². The molecule has 0 aromatic carbocycles. The number of aromatic nitrogens is 1. The average Bonchev–Trinajstić information content (AvgIpc) is 2.73. The summed E-state index contributed by atoms with van der Waals surface area (Å²) in [6.45, 7) is 2.08. The fourth-order valence-electron chi connectivity index (χ4n) is 1.76. The minimum Gasteiger partial charge on any atom is -0.271 e. The Morgan fingerprint density at radius 1 is 1.59 bits per heavy atom. The Labute approximate surface area is 113 Å². The Balaban J connectivity index is 2.20. The molecule has 0 aliphatic heterocycles. The topological polar surface area (TPSA) is 50.9 Å². The molecule has 0 amide bonds. The van der Waals surface area contributed by atoms with E-state index in [0.717, 1.165) is 16.5 Å². The fourth-order valence-corrected chi connectivity index (χ4v) is 3.26. The highest BCUT2D eigenvalue weighted by atomic mass is 79.9. The van der Waals surface area contributed by atoms with Crippen LogP contribution in [0.15, 0.2) is 34.4 Å². The number of aryl methyl sites for hydroxylation is 1. The van der Waals surface area contributed by atoms with Crippen molar-refractivity contribution in [2.45, 2.75) is 19.4 Å². The van der Waals surface area contributed by atoms with Gasteiger partial charge in [-0.2, -0.15) is 0 Å². The lowest BCUT2D eigenvalue weighted by Gasteiger charge is -2.17. The largest absolute Gasteiger partial charge is 0.271 e. The summed E-state index contributed by atoms with van der Waals surface area (Å²) < 4.78 is 1.12. The molecule has 0 fully saturated rings. The van der Waals surface area contributed by atoms with Crippen LogP contribution in [-0.4, -0.2) is 4.98 Å². The molecule has 0 saturated carbocycles. The SMILES string of the molecule is Cc1ccncc1C(Cc1cc(Br)cs1)NN. The first kappa shape index (κ1) is 12.7. The predicted octanol–water partition coefficient (Wildman–Crippen LogP) is 2.96. The molecule has 0 saturated heterocycles. The molecule has 5 heteroatoms. The van der Waals surface area contributed by atoms with Gasteiger partial charge in [0.2, 0.25) is 0 Å². The molecule has 2 heterocycles. The van der Waals surface area contributed by atoms with Gasteiger partial charge in [0.15, 0.2) is 0 Å². The van der Waals surface area contributed by atoms with E-state index in [1.165, 1.54) is 10.4 Å². The quantitative estimate of drug-likeness (QED) is 0.674. The lowest BCUT2D eigenvalue weighted by Crippen LogP contribution is -2.30. The molecule has 0 bridgehead atoms. The van der Waals surface area contributed by atoms with Crippen LogP contribution in [0.1, 0.15) is 22.0 Å². The number of halogens is 1. The molecular weight excluding hydrogens is 298 g/mol. The van der Waals surface area contributed by atoms with Crippen LogP contribution in [0.4, 0.5) is 0 Å². The number of nitrogens with two attached hydrogens (primary N) is 1. The highest BCUT2D eigenvalue weighted by Crippen LogP contribution is 2.26. The zero-order valence-electron chi connectivity index (χ0n) is 9.48. The average molecular weight is 312 g/mol. The van der Waals surface area contributed by atoms with Crippen LogP contribution in [0.5, 0.6) is 0 Å². The molecule has 90 valence electrons. The van der Waals surface area contributed by atoms with Gasteiger partial charge in [0.25, 0.3) is 0 Å². The van der Waals surface area contributed by atoms with Gasteiger partial charge in [-0.25, -0.2) is 0 Å². The lowest BCUT2D eigenvalue weighted by molar-refractivity contribution is 0.551. The number of hydrogen-bond acceptors (Lipinski definition) is 4. The summed E-state index contributed by atoms with van der Waals surface area (Å²) in [5.41, 5.74) is 5.23. The Hall–Kier alpha value is -0.750. The predicted molar refractivity (Wildman–Crippen MR) is 74.8 cm³/mol. The summed E-state index contributed by atoms with van der Waals surface area (Å²) in [6.07, 6.45) is 4.55. The summed E-state index contributed by atoms with van der Waals surface area (Å²) in [4.78, 5) is 5.45. The minimum atomic E-state index is 0.106. The number of rotatable bonds is 4. The van der Waals surface area contributed by atoms with Gasteiger partial charge >= 0.3 is 0 Å². The summed E-state index contributed by atoms with van der Waals surface area (Å²) >= 11 is 5.19. The first-order chi connectivity index (χ1) is 8.20. The molecule has 0 spiro atoms. The van der Waals surface area contributed by atoms with E-state index >= 15 is 0 Å². The zero-order chi connectivity index (χ0) is 12.3. The third-order valence-electron chi connectivity index (χ3n) is 2.68. The van der Waals surface area contributed by atoms with E-state index in [1.54, 1.807) is 17.5 Å². The Morgan fingerprint density at radius 3 is 3.00 bits per heavy atom. The fraction of sp³-hybridized carbons (Fsp3) is 0.250. The van der Waals surface area contributed by atoms with Crippen LogP contribution in [0.3, 0.4) is 0 Å². The normalized spacial score (nSPS) is 12.6. The number of nitrogens with zero attached hydrogens (tertiary/aromatic N) is 1. The van der Waals surface area contributed by atoms with Gasteiger partial charge in [0, 0.05) is 33.5 Å². The summed E-state index contributed by atoms with van der Waals surface area (Å²) in [5, 5.41) is 2.08. The zero-order valence-corrected chi connectivity index (χ0v) is 11.9. The molecule has 0 radical (unpaired) electrons. The molecule has 2 aromatic rings. The van der Waals surface area contributed by atoms with Crippen LogP contribution >= 0.6 is 27.3 Å². The number of hydrazine groups is 1. The number of pyridine rings is 1. The smallest absolute Gasteiger partial charge is 0.0526 e. The van der Waals surface area contributed by atoms with Crippen molar-refractivity contribution in [2.75, 3.05) is 0 Å². The molecule has 3 nitrogen and oxygen atoms in total. The van der Waals surface area contributed by atoms with Crippen molar-refractivity contribution < 1.29 is 0 Å². The van der Waals surface area contributed by atoms with Gasteiger partial charge in [0.1, 0.15) is 0 Å². The van der Waals surface area contributed by atoms with Gasteiger partial charge in [-0.05, 0) is 46.1 Å². The van der Waals surface area contributed by atoms with E-state index in [4.69, 9.17) is 5.84 Å². The second-order valence-corrected chi connectivity index (χ2v) is 5.80. The highest BCUT2D eigenvalue weighted by molar-refractivity contribution is 9.10. The molecule has 17 heavy (non-hydrogen) atoms. The van der Waals surface area contributed by atoms with Crippen LogP contribution in [0.25, 0.3) is 0 Å². The summed E-state index contributed by atoms with van der Waals surface area (Å²) in [5.74, 6) is 5.64. The van der Waals surface area contributed by atoms with Crippen molar-refractivity contribution in [1.82, 2.24) is 10.4 Å². The molecular formula is C12H14BrN3S. The van der Waals surface area contributed by atoms with Crippen molar-refractivity contribution in [3.8, 4) is 0 Å². The van der Waals surface area contributed by atoms with E-state index in [9.17, 15) is 0 Å². The van der Waals surface area contributed by atoms with Crippen molar-refractivity contribution in [3.05, 3.63) is 50.4 Å². The maximum atomic E-state index is 5.64. The standard InChI is InChI=1S/C12H14BrN3S/c1-8-2-3-15-6-11(8)12(16-14)5-10-4-9(13)7-17-10/h2-4,6-7,12,16H,5,14H2,1H3. The number of nitrogens with one attached hydrogen (secondary N) is 1. The Kier molecular flexibility index (Phi) is 4.28. The van der Waals surface area contributed by atoms with Crippen molar-refractivity contribution >= 4 is 27.3 Å². The third kappa shape index (κ3) is 3.13. The van der Waals surface area contributed by atoms with E-state index < -0.39 is 0 Å². The number of thiophene rings is 1. The molecule has 2 aromatic heterocycles. The van der Waals surface area contributed by atoms with Gasteiger partial charge in [0.05, 0.1) is 6.04 Å². The van der Waals surface area contributed by atoms with Crippen LogP contribution < -0.4 is 11.3 Å². The van der Waals surface area contributed by atoms with Crippen molar-refractivity contribution in [3.63, 3.8) is 0 Å². The summed E-state index contributed by atoms with van der Waals surface area (Å²) in [6, 6.07) is 4.24. The van der Waals surface area contributed by atoms with Gasteiger partial charge in [-0.3, -0.25) is 16.3 Å². The van der Waals surface area contributed by atoms with Crippen LogP contribution in [-0.2, 0) is 6.42 Å². The van der Waals surface area contributed by atoms with Crippen LogP contribution in [0, 0.1) is 6.92 Å². The molecule has 1 atom stereocenters. The monoisotopic (exact) mass is 311 g/mol. The highest BCUT2D eigenvalue weighted by Gasteiger charge is 2.14. The Bertz CT molecular complexity index is 498. The maximum absolute atomic E-state index is 5.64. The van der Waals surface area contributed by atoms with E-state index in [-0.39, 0.29) is 6.04 Å². The second kappa shape index (κ2) is 5.73. The van der Waals surface area contributed by atoms with Crippen molar-refractivity contribution in [2.24, 2.45) is 5.84 Å². The number of hydrogen-bond donors (Lipinski definition) is 2. The first-order valence-electron chi connectivity index (χ1n) is 5.30. The lowest BCUT2D eigenvalue weighted by atomic mass is 10.0. The molecule has 0 aliphatic rings. The van der Waals surface area contributed by atoms with E-state index in [1.807, 2.05) is 12.3 Å². The minimum absolute atomic E-state index is 0.106. The van der Waals surface area contributed by atoms with Gasteiger partial charge in [-0.15, -0.1) is 11.3 Å². The van der Waals surface area contributed by atoms with Crippen molar-refractivity contribution in [1.29, 1.82) is 0 Å². The molecule has 0 aliphatic carbocycles. The van der Waals surface area contributed by atoms with Gasteiger partial charge in [-0.1, -0.05) is 0 Å². The molecule has 1 unspecified atom stereocenters. The van der Waals surface area contributed by atoms with E-state index in [0.29, 0.717) is 0 Å². The molecule has 2 rings (SSSR count). The molecule has 3 N–H and O–H groups in total. The van der Waals surface area contributed by atoms with E-state index in [2.05, 4.69) is 44.7 Å². The third-order valence-corrected chi connectivity index (χ3v) is 4.40. The second-order valence-electron chi connectivity index (χ2n) is 3.89. The first-order valence-corrected chi connectivity index (χ1v) is 6.97. The maximum Gasteiger partial charge on any atom is 0.0526 e. The van der Waals surface area contributed by atoms with Gasteiger partial charge < -0.3 is 0 Å².